The van der Waals surface area contributed by atoms with Crippen LogP contribution in [0, 0.1) is 17.2 Å². The van der Waals surface area contributed by atoms with Gasteiger partial charge in [0.2, 0.25) is 0 Å². The maximum atomic E-state index is 11.2. The lowest BCUT2D eigenvalue weighted by atomic mass is 9.84. The molecule has 0 bridgehead atoms. The van der Waals surface area contributed by atoms with Crippen LogP contribution in [-0.2, 0) is 4.79 Å². The summed E-state index contributed by atoms with van der Waals surface area (Å²) >= 11 is 0. The molecule has 1 N–H and O–H groups in total. The Labute approximate surface area is 94.1 Å². The average Bonchev–Trinajstić information content (AvgIpc) is 2.76. The Morgan fingerprint density at radius 3 is 2.94 bits per heavy atom. The molecule has 2 rings (SSSR count). The van der Waals surface area contributed by atoms with Gasteiger partial charge in [-0.3, -0.25) is 4.79 Å². The van der Waals surface area contributed by atoms with E-state index in [4.69, 9.17) is 5.26 Å². The summed E-state index contributed by atoms with van der Waals surface area (Å²) in [6.07, 6.45) is 5.38. The van der Waals surface area contributed by atoms with E-state index in [9.17, 15) is 9.90 Å². The van der Waals surface area contributed by atoms with Gasteiger partial charge < -0.3 is 9.67 Å². The Kier molecular flexibility index (Phi) is 2.95. The zero-order chi connectivity index (χ0) is 11.5. The first kappa shape index (κ1) is 10.7. The largest absolute Gasteiger partial charge is 0.481 e. The second-order valence-electron chi connectivity index (χ2n) is 4.21. The molecule has 0 aromatic carbocycles. The van der Waals surface area contributed by atoms with Crippen molar-refractivity contribution in [2.45, 2.75) is 31.7 Å². The normalized spacial score (nSPS) is 24.9. The van der Waals surface area contributed by atoms with Crippen molar-refractivity contribution in [1.29, 1.82) is 5.26 Å². The van der Waals surface area contributed by atoms with Gasteiger partial charge >= 0.3 is 5.97 Å². The van der Waals surface area contributed by atoms with Gasteiger partial charge in [-0.05, 0) is 25.0 Å². The minimum atomic E-state index is -0.748. The number of carbonyl (C=O) groups is 1. The van der Waals surface area contributed by atoms with E-state index in [1.807, 2.05) is 10.8 Å². The second-order valence-corrected chi connectivity index (χ2v) is 4.21. The third kappa shape index (κ3) is 1.81. The van der Waals surface area contributed by atoms with Crippen LogP contribution in [0.1, 0.15) is 37.4 Å². The zero-order valence-electron chi connectivity index (χ0n) is 8.97. The minimum Gasteiger partial charge on any atom is -0.481 e. The number of rotatable bonds is 2. The van der Waals surface area contributed by atoms with Gasteiger partial charge in [-0.15, -0.1) is 0 Å². The summed E-state index contributed by atoms with van der Waals surface area (Å²) in [4.78, 5) is 11.2. The predicted molar refractivity (Wildman–Crippen MR) is 57.8 cm³/mol. The number of carboxylic acids is 1. The molecule has 1 aromatic heterocycles. The first-order valence-electron chi connectivity index (χ1n) is 5.54. The summed E-state index contributed by atoms with van der Waals surface area (Å²) in [5, 5.41) is 18.1. The molecule has 84 valence electrons. The first-order valence-corrected chi connectivity index (χ1v) is 5.54. The minimum absolute atomic E-state index is 0.0594. The number of aromatic nitrogens is 1. The van der Waals surface area contributed by atoms with Gasteiger partial charge in [-0.1, -0.05) is 12.8 Å². The van der Waals surface area contributed by atoms with E-state index in [2.05, 4.69) is 6.07 Å². The van der Waals surface area contributed by atoms with Crippen molar-refractivity contribution in [2.75, 3.05) is 0 Å². The second kappa shape index (κ2) is 4.40. The summed E-state index contributed by atoms with van der Waals surface area (Å²) in [7, 11) is 0. The van der Waals surface area contributed by atoms with Crippen LogP contribution in [0.4, 0.5) is 0 Å². The molecule has 0 amide bonds. The summed E-state index contributed by atoms with van der Waals surface area (Å²) in [6.45, 7) is 0. The van der Waals surface area contributed by atoms with Crippen LogP contribution in [-0.4, -0.2) is 15.6 Å². The molecule has 4 nitrogen and oxygen atoms in total. The molecule has 1 fully saturated rings. The fourth-order valence-corrected chi connectivity index (χ4v) is 2.51. The van der Waals surface area contributed by atoms with E-state index in [1.54, 1.807) is 12.1 Å². The molecule has 0 radical (unpaired) electrons. The Morgan fingerprint density at radius 1 is 1.50 bits per heavy atom. The van der Waals surface area contributed by atoms with E-state index >= 15 is 0 Å². The van der Waals surface area contributed by atoms with E-state index in [1.165, 1.54) is 0 Å². The number of aliphatic carboxylic acids is 1. The van der Waals surface area contributed by atoms with Gasteiger partial charge in [-0.25, -0.2) is 0 Å². The summed E-state index contributed by atoms with van der Waals surface area (Å²) in [5.74, 6) is -1.10. The highest BCUT2D eigenvalue weighted by atomic mass is 16.4. The molecule has 16 heavy (non-hydrogen) atoms. The maximum Gasteiger partial charge on any atom is 0.308 e. The lowest BCUT2D eigenvalue weighted by Gasteiger charge is -2.30. The Hall–Kier alpha value is -1.76. The van der Waals surface area contributed by atoms with E-state index in [0.29, 0.717) is 12.1 Å². The summed E-state index contributed by atoms with van der Waals surface area (Å²) < 4.78 is 1.82. The molecule has 1 aliphatic carbocycles. The third-order valence-corrected chi connectivity index (χ3v) is 3.30. The maximum absolute atomic E-state index is 11.2. The van der Waals surface area contributed by atoms with Gasteiger partial charge in [0.15, 0.2) is 0 Å². The topological polar surface area (TPSA) is 66.0 Å². The van der Waals surface area contributed by atoms with E-state index in [0.717, 1.165) is 19.3 Å². The lowest BCUT2D eigenvalue weighted by Crippen LogP contribution is -2.29. The number of hydrogen-bond acceptors (Lipinski definition) is 2. The molecular weight excluding hydrogens is 204 g/mol. The molecule has 0 saturated heterocycles. The van der Waals surface area contributed by atoms with Crippen molar-refractivity contribution in [2.24, 2.45) is 5.92 Å². The fourth-order valence-electron chi connectivity index (χ4n) is 2.51. The van der Waals surface area contributed by atoms with Crippen molar-refractivity contribution in [3.63, 3.8) is 0 Å². The van der Waals surface area contributed by atoms with E-state index < -0.39 is 5.97 Å². The van der Waals surface area contributed by atoms with Crippen LogP contribution in [0.5, 0.6) is 0 Å². The molecule has 1 saturated carbocycles. The smallest absolute Gasteiger partial charge is 0.308 e. The van der Waals surface area contributed by atoms with Gasteiger partial charge in [0.1, 0.15) is 11.8 Å². The highest BCUT2D eigenvalue weighted by molar-refractivity contribution is 5.70. The molecule has 2 atom stereocenters. The van der Waals surface area contributed by atoms with Crippen molar-refractivity contribution >= 4 is 5.97 Å². The summed E-state index contributed by atoms with van der Waals surface area (Å²) in [5.41, 5.74) is 0.554. The molecule has 1 heterocycles. The Balaban J connectivity index is 2.31. The molecule has 1 aliphatic rings. The number of hydrogen-bond donors (Lipinski definition) is 1. The van der Waals surface area contributed by atoms with Crippen molar-refractivity contribution in [1.82, 2.24) is 4.57 Å². The number of nitriles is 1. The van der Waals surface area contributed by atoms with Crippen LogP contribution >= 0.6 is 0 Å². The third-order valence-electron chi connectivity index (χ3n) is 3.30. The molecule has 0 spiro atoms. The molecular formula is C12H14N2O2. The van der Waals surface area contributed by atoms with Gasteiger partial charge in [0.25, 0.3) is 0 Å². The summed E-state index contributed by atoms with van der Waals surface area (Å²) in [6, 6.07) is 5.57. The van der Waals surface area contributed by atoms with Gasteiger partial charge in [0.05, 0.1) is 5.92 Å². The monoisotopic (exact) mass is 218 g/mol. The quantitative estimate of drug-likeness (QED) is 0.827. The van der Waals surface area contributed by atoms with Crippen molar-refractivity contribution < 1.29 is 9.90 Å². The predicted octanol–water partition coefficient (Wildman–Crippen LogP) is 2.18. The highest BCUT2D eigenvalue weighted by Gasteiger charge is 2.32. The molecule has 4 heteroatoms. The molecule has 0 aliphatic heterocycles. The van der Waals surface area contributed by atoms with Crippen LogP contribution in [0.25, 0.3) is 0 Å². The lowest BCUT2D eigenvalue weighted by molar-refractivity contribution is -0.144. The molecule has 2 unspecified atom stereocenters. The zero-order valence-corrected chi connectivity index (χ0v) is 8.97. The number of nitrogens with zero attached hydrogens (tertiary/aromatic N) is 2. The Morgan fingerprint density at radius 2 is 2.25 bits per heavy atom. The number of carboxylic acid groups (broad SMARTS) is 1. The average molecular weight is 218 g/mol. The van der Waals surface area contributed by atoms with Gasteiger partial charge in [-0.2, -0.15) is 5.26 Å². The van der Waals surface area contributed by atoms with Crippen molar-refractivity contribution in [3.05, 3.63) is 24.0 Å². The van der Waals surface area contributed by atoms with Crippen molar-refractivity contribution in [3.8, 4) is 6.07 Å². The fraction of sp³-hybridized carbons (Fsp3) is 0.500. The Bertz CT molecular complexity index is 430. The van der Waals surface area contributed by atoms with Crippen LogP contribution in [0.2, 0.25) is 0 Å². The van der Waals surface area contributed by atoms with E-state index in [-0.39, 0.29) is 12.0 Å². The van der Waals surface area contributed by atoms with Crippen LogP contribution < -0.4 is 0 Å². The van der Waals surface area contributed by atoms with Crippen LogP contribution in [0.15, 0.2) is 18.3 Å². The van der Waals surface area contributed by atoms with Crippen LogP contribution in [0.3, 0.4) is 0 Å². The van der Waals surface area contributed by atoms with Gasteiger partial charge in [0, 0.05) is 12.2 Å². The molecule has 1 aromatic rings. The highest BCUT2D eigenvalue weighted by Crippen LogP contribution is 2.34. The first-order chi connectivity index (χ1) is 7.74. The SMILES string of the molecule is N#Cc1cccn1C1CCCCC1C(=O)O. The standard InChI is InChI=1S/C12H14N2O2/c13-8-9-4-3-7-14(9)11-6-2-1-5-10(11)12(15)16/h3-4,7,10-11H,1-2,5-6H2,(H,15,16).